The van der Waals surface area contributed by atoms with E-state index >= 15 is 0 Å². The molecule has 2 aromatic heterocycles. The summed E-state index contributed by atoms with van der Waals surface area (Å²) in [5, 5.41) is 5.69. The Balaban J connectivity index is 1.96. The third kappa shape index (κ3) is 3.71. The number of anilines is 1. The highest BCUT2D eigenvalue weighted by molar-refractivity contribution is 9.11. The fourth-order valence-electron chi connectivity index (χ4n) is 1.98. The second-order valence-corrected chi connectivity index (χ2v) is 8.85. The van der Waals surface area contributed by atoms with Gasteiger partial charge in [-0.15, -0.1) is 22.7 Å². The minimum Gasteiger partial charge on any atom is -0.372 e. The molecule has 2 heterocycles. The minimum absolute atomic E-state index is 0.111. The summed E-state index contributed by atoms with van der Waals surface area (Å²) in [4.78, 5) is 2.47. The number of nitrogens with one attached hydrogen (secondary N) is 1. The van der Waals surface area contributed by atoms with Gasteiger partial charge < -0.3 is 5.32 Å². The molecule has 0 saturated carbocycles. The van der Waals surface area contributed by atoms with Crippen LogP contribution in [0.5, 0.6) is 0 Å². The SMILES string of the molecule is Clc1ccc(C(Nc2ccc(Br)cc2Br)c2cccs2)s1. The summed E-state index contributed by atoms with van der Waals surface area (Å²) in [5.41, 5.74) is 1.06. The Morgan fingerprint density at radius 2 is 1.90 bits per heavy atom. The zero-order chi connectivity index (χ0) is 14.8. The van der Waals surface area contributed by atoms with E-state index in [0.29, 0.717) is 0 Å². The lowest BCUT2D eigenvalue weighted by Crippen LogP contribution is -2.09. The van der Waals surface area contributed by atoms with Gasteiger partial charge in [-0.1, -0.05) is 33.6 Å². The van der Waals surface area contributed by atoms with Gasteiger partial charge in [0.2, 0.25) is 0 Å². The molecule has 21 heavy (non-hydrogen) atoms. The second kappa shape index (κ2) is 6.84. The maximum Gasteiger partial charge on any atom is 0.0954 e. The van der Waals surface area contributed by atoms with Gasteiger partial charge in [-0.2, -0.15) is 0 Å². The third-order valence-electron chi connectivity index (χ3n) is 2.94. The molecule has 0 bridgehead atoms. The second-order valence-electron chi connectivity index (χ2n) is 4.36. The molecule has 0 amide bonds. The average molecular weight is 464 g/mol. The molecule has 3 aromatic rings. The first kappa shape index (κ1) is 15.6. The Hall–Kier alpha value is -0.330. The topological polar surface area (TPSA) is 12.0 Å². The molecule has 0 aliphatic heterocycles. The van der Waals surface area contributed by atoms with Crippen molar-refractivity contribution in [3.63, 3.8) is 0 Å². The Morgan fingerprint density at radius 3 is 2.52 bits per heavy atom. The van der Waals surface area contributed by atoms with Crippen molar-refractivity contribution in [3.8, 4) is 0 Å². The molecular weight excluding hydrogens is 454 g/mol. The molecule has 3 rings (SSSR count). The van der Waals surface area contributed by atoms with Gasteiger partial charge in [0.1, 0.15) is 0 Å². The standard InChI is InChI=1S/C15H10Br2ClNS2/c16-9-3-4-11(10(17)8-9)19-15(12-2-1-7-20-12)13-5-6-14(18)21-13/h1-8,15,19H. The molecule has 0 radical (unpaired) electrons. The average Bonchev–Trinajstić information content (AvgIpc) is 3.09. The Morgan fingerprint density at radius 1 is 1.05 bits per heavy atom. The summed E-state index contributed by atoms with van der Waals surface area (Å²) in [6.45, 7) is 0. The summed E-state index contributed by atoms with van der Waals surface area (Å²) < 4.78 is 2.89. The van der Waals surface area contributed by atoms with Crippen molar-refractivity contribution < 1.29 is 0 Å². The summed E-state index contributed by atoms with van der Waals surface area (Å²) in [6, 6.07) is 14.5. The first-order valence-electron chi connectivity index (χ1n) is 6.14. The van der Waals surface area contributed by atoms with Crippen LogP contribution in [0.1, 0.15) is 15.8 Å². The lowest BCUT2D eigenvalue weighted by Gasteiger charge is -2.18. The van der Waals surface area contributed by atoms with E-state index in [1.54, 1.807) is 22.7 Å². The van der Waals surface area contributed by atoms with Crippen LogP contribution in [0.2, 0.25) is 4.34 Å². The van der Waals surface area contributed by atoms with Gasteiger partial charge in [0.25, 0.3) is 0 Å². The molecule has 1 unspecified atom stereocenters. The van der Waals surface area contributed by atoms with Gasteiger partial charge in [-0.05, 0) is 57.7 Å². The van der Waals surface area contributed by atoms with Crippen LogP contribution in [0.25, 0.3) is 0 Å². The van der Waals surface area contributed by atoms with Crippen LogP contribution in [0.4, 0.5) is 5.69 Å². The van der Waals surface area contributed by atoms with Crippen molar-refractivity contribution in [1.29, 1.82) is 0 Å². The van der Waals surface area contributed by atoms with E-state index in [4.69, 9.17) is 11.6 Å². The highest BCUT2D eigenvalue weighted by Crippen LogP contribution is 2.37. The third-order valence-corrected chi connectivity index (χ3v) is 6.32. The highest BCUT2D eigenvalue weighted by atomic mass is 79.9. The molecule has 0 fully saturated rings. The van der Waals surface area contributed by atoms with Gasteiger partial charge >= 0.3 is 0 Å². The Kier molecular flexibility index (Phi) is 5.07. The van der Waals surface area contributed by atoms with E-state index in [9.17, 15) is 0 Å². The van der Waals surface area contributed by atoms with E-state index in [1.165, 1.54) is 9.75 Å². The molecule has 1 N–H and O–H groups in total. The van der Waals surface area contributed by atoms with Crippen molar-refractivity contribution in [2.24, 2.45) is 0 Å². The number of thiophene rings is 2. The number of halogens is 3. The molecule has 0 aliphatic carbocycles. The lowest BCUT2D eigenvalue weighted by atomic mass is 10.2. The predicted octanol–water partition coefficient (Wildman–Crippen LogP) is 7.19. The zero-order valence-electron chi connectivity index (χ0n) is 10.6. The number of rotatable bonds is 4. The quantitative estimate of drug-likeness (QED) is 0.432. The fraction of sp³-hybridized carbons (Fsp3) is 0.0667. The van der Waals surface area contributed by atoms with Crippen LogP contribution in [0, 0.1) is 0 Å². The number of hydrogen-bond acceptors (Lipinski definition) is 3. The summed E-state index contributed by atoms with van der Waals surface area (Å²) in [7, 11) is 0. The van der Waals surface area contributed by atoms with E-state index in [0.717, 1.165) is 19.0 Å². The van der Waals surface area contributed by atoms with Crippen LogP contribution in [0.3, 0.4) is 0 Å². The van der Waals surface area contributed by atoms with E-state index < -0.39 is 0 Å². The van der Waals surface area contributed by atoms with Crippen LogP contribution in [-0.2, 0) is 0 Å². The Labute approximate surface area is 153 Å². The van der Waals surface area contributed by atoms with Crippen LogP contribution >= 0.6 is 66.1 Å². The molecule has 1 aromatic carbocycles. The van der Waals surface area contributed by atoms with Crippen molar-refractivity contribution >= 4 is 71.8 Å². The van der Waals surface area contributed by atoms with Gasteiger partial charge in [0, 0.05) is 24.4 Å². The molecule has 108 valence electrons. The first-order valence-corrected chi connectivity index (χ1v) is 9.80. The highest BCUT2D eigenvalue weighted by Gasteiger charge is 2.18. The minimum atomic E-state index is 0.111. The zero-order valence-corrected chi connectivity index (χ0v) is 16.2. The van der Waals surface area contributed by atoms with Gasteiger partial charge in [-0.25, -0.2) is 0 Å². The maximum absolute atomic E-state index is 6.10. The molecule has 0 spiro atoms. The largest absolute Gasteiger partial charge is 0.372 e. The van der Waals surface area contributed by atoms with Crippen molar-refractivity contribution in [2.75, 3.05) is 5.32 Å². The van der Waals surface area contributed by atoms with Crippen LogP contribution in [0.15, 0.2) is 56.8 Å². The first-order chi connectivity index (χ1) is 10.1. The smallest absolute Gasteiger partial charge is 0.0954 e. The molecule has 1 nitrogen and oxygen atoms in total. The van der Waals surface area contributed by atoms with Crippen LogP contribution in [-0.4, -0.2) is 0 Å². The van der Waals surface area contributed by atoms with Gasteiger partial charge in [-0.3, -0.25) is 0 Å². The summed E-state index contributed by atoms with van der Waals surface area (Å²) in [6.07, 6.45) is 0. The van der Waals surface area contributed by atoms with Crippen molar-refractivity contribution in [1.82, 2.24) is 0 Å². The Bertz CT molecular complexity index is 740. The number of benzene rings is 1. The summed E-state index contributed by atoms with van der Waals surface area (Å²) in [5.74, 6) is 0. The molecule has 1 atom stereocenters. The van der Waals surface area contributed by atoms with Gasteiger partial charge in [0.15, 0.2) is 0 Å². The maximum atomic E-state index is 6.10. The molecule has 0 aliphatic rings. The number of hydrogen-bond donors (Lipinski definition) is 1. The predicted molar refractivity (Wildman–Crippen MR) is 101 cm³/mol. The van der Waals surface area contributed by atoms with E-state index in [1.807, 2.05) is 18.2 Å². The normalized spacial score (nSPS) is 12.3. The summed E-state index contributed by atoms with van der Waals surface area (Å²) >= 11 is 16.5. The molecule has 6 heteroatoms. The van der Waals surface area contributed by atoms with Crippen LogP contribution < -0.4 is 5.32 Å². The van der Waals surface area contributed by atoms with Crippen molar-refractivity contribution in [2.45, 2.75) is 6.04 Å². The van der Waals surface area contributed by atoms with Crippen molar-refractivity contribution in [3.05, 3.63) is 70.9 Å². The van der Waals surface area contributed by atoms with E-state index in [-0.39, 0.29) is 6.04 Å². The lowest BCUT2D eigenvalue weighted by molar-refractivity contribution is 0.991. The van der Waals surface area contributed by atoms with Gasteiger partial charge in [0.05, 0.1) is 10.4 Å². The van der Waals surface area contributed by atoms with E-state index in [2.05, 4.69) is 66.8 Å². The monoisotopic (exact) mass is 461 g/mol. The fourth-order valence-corrected chi connectivity index (χ4v) is 5.14. The molecular formula is C15H10Br2ClNS2. The molecule has 0 saturated heterocycles.